The van der Waals surface area contributed by atoms with Gasteiger partial charge in [0.25, 0.3) is 0 Å². The first-order valence-corrected chi connectivity index (χ1v) is 10.6. The van der Waals surface area contributed by atoms with Gasteiger partial charge in [0.05, 0.1) is 30.7 Å². The topological polar surface area (TPSA) is 144 Å². The first kappa shape index (κ1) is 23.8. The van der Waals surface area contributed by atoms with Gasteiger partial charge in [-0.15, -0.1) is 0 Å². The lowest BCUT2D eigenvalue weighted by atomic mass is 9.71. The van der Waals surface area contributed by atoms with Gasteiger partial charge in [-0.05, 0) is 29.7 Å². The molecule has 168 valence electrons. The molecule has 31 heavy (non-hydrogen) atoms. The predicted molar refractivity (Wildman–Crippen MR) is 115 cm³/mol. The van der Waals surface area contributed by atoms with E-state index in [2.05, 4.69) is 6.92 Å². The van der Waals surface area contributed by atoms with Crippen LogP contribution in [0.2, 0.25) is 5.02 Å². The summed E-state index contributed by atoms with van der Waals surface area (Å²) in [5.74, 6) is -3.09. The van der Waals surface area contributed by atoms with Gasteiger partial charge in [-0.25, -0.2) is 0 Å². The lowest BCUT2D eigenvalue weighted by Crippen LogP contribution is -2.56. The van der Waals surface area contributed by atoms with Crippen molar-refractivity contribution in [3.63, 3.8) is 0 Å². The maximum Gasteiger partial charge on any atom is 0.167 e. The Kier molecular flexibility index (Phi) is 7.18. The summed E-state index contributed by atoms with van der Waals surface area (Å²) in [6.45, 7) is 1.39. The highest BCUT2D eigenvalue weighted by Crippen LogP contribution is 2.38. The minimum atomic E-state index is -1.98. The summed E-state index contributed by atoms with van der Waals surface area (Å²) in [6.07, 6.45) is -2.93. The molecular formula is C23H28ClNO6. The predicted octanol–water partition coefficient (Wildman–Crippen LogP) is 0.802. The molecular weight excluding hydrogens is 422 g/mol. The van der Waals surface area contributed by atoms with Crippen molar-refractivity contribution in [2.75, 3.05) is 6.61 Å². The van der Waals surface area contributed by atoms with E-state index in [1.165, 1.54) is 18.2 Å². The third-order valence-electron chi connectivity index (χ3n) is 6.02. The van der Waals surface area contributed by atoms with Crippen LogP contribution < -0.4 is 5.73 Å². The van der Waals surface area contributed by atoms with Gasteiger partial charge in [-0.2, -0.15) is 0 Å². The molecule has 1 fully saturated rings. The monoisotopic (exact) mass is 449 g/mol. The Hall–Kier alpha value is -1.84. The van der Waals surface area contributed by atoms with Gasteiger partial charge in [0.15, 0.2) is 11.5 Å². The maximum atomic E-state index is 12.8. The van der Waals surface area contributed by atoms with Gasteiger partial charge >= 0.3 is 0 Å². The Morgan fingerprint density at radius 3 is 2.26 bits per heavy atom. The van der Waals surface area contributed by atoms with E-state index in [0.29, 0.717) is 5.56 Å². The van der Waals surface area contributed by atoms with E-state index in [1.807, 2.05) is 12.1 Å². The van der Waals surface area contributed by atoms with Crippen LogP contribution in [0.3, 0.4) is 0 Å². The molecule has 2 aromatic rings. The lowest BCUT2D eigenvalue weighted by molar-refractivity contribution is -0.158. The molecule has 3 rings (SSSR count). The van der Waals surface area contributed by atoms with Crippen LogP contribution in [0.25, 0.3) is 0 Å². The van der Waals surface area contributed by atoms with E-state index in [1.54, 1.807) is 12.1 Å². The van der Waals surface area contributed by atoms with Crippen LogP contribution in [-0.4, -0.2) is 56.2 Å². The summed E-state index contributed by atoms with van der Waals surface area (Å²) in [4.78, 5) is 12.8. The standard InChI is InChI=1S/C23H28ClNO6/c1-2-3-12-4-7-14(8-5-12)23(25,31)16-10-13(6-9-17(16)24)18-19(27)15(11-26)20(28)22(30)21(18)29/h4-10,15,18,20-22,26,28-31H,2-3,11,25H2,1H3. The van der Waals surface area contributed by atoms with E-state index in [-0.39, 0.29) is 16.1 Å². The minimum absolute atomic E-state index is 0.121. The highest BCUT2D eigenvalue weighted by atomic mass is 35.5. The van der Waals surface area contributed by atoms with Gasteiger partial charge in [0.1, 0.15) is 6.10 Å². The third-order valence-corrected chi connectivity index (χ3v) is 6.34. The van der Waals surface area contributed by atoms with Crippen LogP contribution in [0, 0.1) is 5.92 Å². The normalized spacial score (nSPS) is 28.4. The fourth-order valence-corrected chi connectivity index (χ4v) is 4.42. The van der Waals surface area contributed by atoms with E-state index in [9.17, 15) is 30.3 Å². The number of rotatable bonds is 6. The van der Waals surface area contributed by atoms with Crippen molar-refractivity contribution in [2.24, 2.45) is 11.7 Å². The average Bonchev–Trinajstić information content (AvgIpc) is 2.74. The minimum Gasteiger partial charge on any atom is -0.396 e. The fraction of sp³-hybridized carbons (Fsp3) is 0.435. The number of benzene rings is 2. The molecule has 0 aromatic heterocycles. The summed E-state index contributed by atoms with van der Waals surface area (Å²) >= 11 is 6.31. The largest absolute Gasteiger partial charge is 0.396 e. The molecule has 7 N–H and O–H groups in total. The van der Waals surface area contributed by atoms with Crippen LogP contribution in [0.15, 0.2) is 42.5 Å². The van der Waals surface area contributed by atoms with Gasteiger partial charge in [-0.1, -0.05) is 55.3 Å². The molecule has 0 radical (unpaired) electrons. The molecule has 1 aliphatic rings. The molecule has 0 heterocycles. The highest BCUT2D eigenvalue weighted by Gasteiger charge is 2.49. The molecule has 0 aliphatic heterocycles. The number of aryl methyl sites for hydroxylation is 1. The second-order valence-corrected chi connectivity index (χ2v) is 8.50. The van der Waals surface area contributed by atoms with Gasteiger partial charge < -0.3 is 25.5 Å². The Morgan fingerprint density at radius 1 is 1.03 bits per heavy atom. The van der Waals surface area contributed by atoms with E-state index < -0.39 is 48.3 Å². The second-order valence-electron chi connectivity index (χ2n) is 8.09. The zero-order chi connectivity index (χ0) is 22.9. The molecule has 0 amide bonds. The summed E-state index contributed by atoms with van der Waals surface area (Å²) in [5, 5.41) is 51.4. The lowest BCUT2D eigenvalue weighted by Gasteiger charge is -2.39. The molecule has 0 bridgehead atoms. The van der Waals surface area contributed by atoms with Crippen molar-refractivity contribution in [1.82, 2.24) is 0 Å². The first-order valence-electron chi connectivity index (χ1n) is 10.2. The Bertz CT molecular complexity index is 932. The van der Waals surface area contributed by atoms with Crippen LogP contribution in [0.1, 0.15) is 41.5 Å². The highest BCUT2D eigenvalue weighted by molar-refractivity contribution is 6.31. The zero-order valence-corrected chi connectivity index (χ0v) is 17.9. The number of nitrogens with two attached hydrogens (primary N) is 1. The first-order chi connectivity index (χ1) is 14.6. The number of aliphatic hydroxyl groups is 5. The number of Topliss-reactive ketones (excluding diaryl/α,β-unsaturated/α-hetero) is 1. The molecule has 8 heteroatoms. The Morgan fingerprint density at radius 2 is 1.68 bits per heavy atom. The van der Waals surface area contributed by atoms with Gasteiger partial charge in [0, 0.05) is 16.1 Å². The summed E-state index contributed by atoms with van der Waals surface area (Å²) in [6, 6.07) is 11.5. The molecule has 1 aliphatic carbocycles. The fourth-order valence-electron chi connectivity index (χ4n) is 4.16. The number of hydrogen-bond donors (Lipinski definition) is 6. The number of aliphatic hydroxyl groups excluding tert-OH is 4. The van der Waals surface area contributed by atoms with Crippen LogP contribution in [0.4, 0.5) is 0 Å². The van der Waals surface area contributed by atoms with E-state index in [0.717, 1.165) is 18.4 Å². The van der Waals surface area contributed by atoms with Crippen molar-refractivity contribution in [1.29, 1.82) is 0 Å². The molecule has 0 saturated heterocycles. The quantitative estimate of drug-likeness (QED) is 0.358. The number of halogens is 1. The summed E-state index contributed by atoms with van der Waals surface area (Å²) in [5.41, 5.74) is 6.14. The van der Waals surface area contributed by atoms with Crippen molar-refractivity contribution in [2.45, 2.75) is 49.7 Å². The average molecular weight is 450 g/mol. The third kappa shape index (κ3) is 4.40. The number of ketones is 1. The molecule has 2 aromatic carbocycles. The maximum absolute atomic E-state index is 12.8. The number of carbonyl (C=O) groups is 1. The summed E-state index contributed by atoms with van der Waals surface area (Å²) in [7, 11) is 0. The van der Waals surface area contributed by atoms with Crippen molar-refractivity contribution in [3.05, 3.63) is 69.7 Å². The van der Waals surface area contributed by atoms with Crippen molar-refractivity contribution < 1.29 is 30.3 Å². The van der Waals surface area contributed by atoms with Gasteiger partial charge in [0.2, 0.25) is 0 Å². The van der Waals surface area contributed by atoms with Gasteiger partial charge in [-0.3, -0.25) is 10.5 Å². The number of hydrogen-bond acceptors (Lipinski definition) is 7. The molecule has 0 spiro atoms. The molecule has 1 saturated carbocycles. The van der Waals surface area contributed by atoms with Crippen LogP contribution >= 0.6 is 11.6 Å². The van der Waals surface area contributed by atoms with E-state index in [4.69, 9.17) is 17.3 Å². The van der Waals surface area contributed by atoms with Crippen LogP contribution in [-0.2, 0) is 16.9 Å². The number of carbonyl (C=O) groups excluding carboxylic acids is 1. The molecule has 7 nitrogen and oxygen atoms in total. The molecule has 6 atom stereocenters. The van der Waals surface area contributed by atoms with E-state index >= 15 is 0 Å². The van der Waals surface area contributed by atoms with Crippen LogP contribution in [0.5, 0.6) is 0 Å². The molecule has 6 unspecified atom stereocenters. The Balaban J connectivity index is 2.02. The zero-order valence-electron chi connectivity index (χ0n) is 17.1. The summed E-state index contributed by atoms with van der Waals surface area (Å²) < 4.78 is 0. The second kappa shape index (κ2) is 9.34. The smallest absolute Gasteiger partial charge is 0.167 e. The van der Waals surface area contributed by atoms with Crippen molar-refractivity contribution in [3.8, 4) is 0 Å². The SMILES string of the molecule is CCCc1ccc(C(N)(O)c2cc(C3C(=O)C(CO)C(O)C(O)C3O)ccc2Cl)cc1. The van der Waals surface area contributed by atoms with Crippen molar-refractivity contribution >= 4 is 17.4 Å². The Labute approximate surface area is 185 Å².